The van der Waals surface area contributed by atoms with Crippen LogP contribution >= 0.6 is 11.3 Å². The van der Waals surface area contributed by atoms with E-state index in [2.05, 4.69) is 33.2 Å². The molecule has 0 saturated carbocycles. The molecule has 25 heavy (non-hydrogen) atoms. The lowest BCUT2D eigenvalue weighted by Gasteiger charge is -2.14. The van der Waals surface area contributed by atoms with Crippen LogP contribution in [0.25, 0.3) is 21.8 Å². The first-order valence-corrected chi connectivity index (χ1v) is 8.84. The molecule has 0 fully saturated rings. The number of pyridine rings is 1. The van der Waals surface area contributed by atoms with E-state index in [1.54, 1.807) is 23.7 Å². The van der Waals surface area contributed by atoms with E-state index in [9.17, 15) is 0 Å². The zero-order chi connectivity index (χ0) is 17.1. The van der Waals surface area contributed by atoms with Crippen LogP contribution < -0.4 is 5.73 Å². The Labute approximate surface area is 150 Å². The lowest BCUT2D eigenvalue weighted by Crippen LogP contribution is -2.05. The molecular weight excluding hydrogens is 328 g/mol. The molecule has 5 heteroatoms. The Bertz CT molecular complexity index is 968. The molecule has 0 aliphatic heterocycles. The highest BCUT2D eigenvalue weighted by Gasteiger charge is 2.17. The number of benzene rings is 1. The van der Waals surface area contributed by atoms with E-state index in [0.29, 0.717) is 0 Å². The van der Waals surface area contributed by atoms with Crippen molar-refractivity contribution >= 4 is 17.3 Å². The average molecular weight is 344 g/mol. The highest BCUT2D eigenvalue weighted by atomic mass is 32.1. The number of hydrogen-bond acceptors (Lipinski definition) is 5. The fraction of sp³-hybridized carbons (Fsp3) is 0.0500. The summed E-state index contributed by atoms with van der Waals surface area (Å²) in [6.07, 6.45) is 4.28. The van der Waals surface area contributed by atoms with Gasteiger partial charge in [0.05, 0.1) is 16.3 Å². The summed E-state index contributed by atoms with van der Waals surface area (Å²) in [4.78, 5) is 14.3. The fourth-order valence-electron chi connectivity index (χ4n) is 2.83. The average Bonchev–Trinajstić information content (AvgIpc) is 3.19. The molecular formula is C20H16N4S. The molecule has 0 aliphatic rings. The number of nitrogens with zero attached hydrogens (tertiary/aromatic N) is 3. The number of rotatable bonds is 4. The quantitative estimate of drug-likeness (QED) is 0.594. The minimum absolute atomic E-state index is 0.284. The first-order valence-electron chi connectivity index (χ1n) is 7.96. The van der Waals surface area contributed by atoms with Gasteiger partial charge in [-0.05, 0) is 29.1 Å². The summed E-state index contributed by atoms with van der Waals surface area (Å²) in [6, 6.07) is 18.3. The molecule has 0 saturated heterocycles. The molecule has 0 aliphatic carbocycles. The van der Waals surface area contributed by atoms with Gasteiger partial charge in [0.25, 0.3) is 0 Å². The molecule has 4 rings (SSSR count). The first-order chi connectivity index (χ1) is 12.3. The van der Waals surface area contributed by atoms with E-state index in [0.717, 1.165) is 33.8 Å². The number of hydrogen-bond donors (Lipinski definition) is 1. The van der Waals surface area contributed by atoms with Gasteiger partial charge in [0.2, 0.25) is 5.95 Å². The zero-order valence-electron chi connectivity index (χ0n) is 13.5. The largest absolute Gasteiger partial charge is 0.368 e. The van der Waals surface area contributed by atoms with Crippen LogP contribution in [0.1, 0.15) is 11.1 Å². The zero-order valence-corrected chi connectivity index (χ0v) is 14.3. The van der Waals surface area contributed by atoms with Crippen LogP contribution in [-0.4, -0.2) is 15.0 Å². The third-order valence-corrected chi connectivity index (χ3v) is 4.83. The summed E-state index contributed by atoms with van der Waals surface area (Å²) in [5.41, 5.74) is 11.1. The second kappa shape index (κ2) is 6.83. The van der Waals surface area contributed by atoms with Gasteiger partial charge in [-0.1, -0.05) is 36.4 Å². The Kier molecular flexibility index (Phi) is 4.23. The third-order valence-electron chi connectivity index (χ3n) is 3.96. The van der Waals surface area contributed by atoms with Crippen molar-refractivity contribution in [1.82, 2.24) is 15.0 Å². The maximum Gasteiger partial charge on any atom is 0.221 e. The van der Waals surface area contributed by atoms with Crippen molar-refractivity contribution in [2.24, 2.45) is 0 Å². The SMILES string of the molecule is Nc1nc(-c2ccncc2)c(Cc2ccccc2)c(-c2cccs2)n1. The number of aromatic nitrogens is 3. The van der Waals surface area contributed by atoms with Gasteiger partial charge in [0.1, 0.15) is 0 Å². The first kappa shape index (κ1) is 15.5. The smallest absolute Gasteiger partial charge is 0.221 e. The van der Waals surface area contributed by atoms with Crippen LogP contribution in [0.3, 0.4) is 0 Å². The molecule has 0 bridgehead atoms. The van der Waals surface area contributed by atoms with Crippen LogP contribution in [0.15, 0.2) is 72.4 Å². The van der Waals surface area contributed by atoms with Gasteiger partial charge in [-0.25, -0.2) is 9.97 Å². The predicted molar refractivity (Wildman–Crippen MR) is 102 cm³/mol. The van der Waals surface area contributed by atoms with E-state index in [1.807, 2.05) is 41.8 Å². The molecule has 0 atom stereocenters. The number of nitrogens with two attached hydrogens (primary N) is 1. The number of anilines is 1. The minimum Gasteiger partial charge on any atom is -0.368 e. The standard InChI is InChI=1S/C20H16N4S/c21-20-23-18(15-8-10-22-11-9-15)16(13-14-5-2-1-3-6-14)19(24-20)17-7-4-12-25-17/h1-12H,13H2,(H2,21,23,24). The monoisotopic (exact) mass is 344 g/mol. The summed E-state index contributed by atoms with van der Waals surface area (Å²) in [7, 11) is 0. The van der Waals surface area contributed by atoms with E-state index >= 15 is 0 Å². The maximum absolute atomic E-state index is 6.03. The van der Waals surface area contributed by atoms with Crippen molar-refractivity contribution in [1.29, 1.82) is 0 Å². The summed E-state index contributed by atoms with van der Waals surface area (Å²) < 4.78 is 0. The van der Waals surface area contributed by atoms with Crippen molar-refractivity contribution in [3.8, 4) is 21.8 Å². The molecule has 3 heterocycles. The van der Waals surface area contributed by atoms with Crippen LogP contribution in [0.2, 0.25) is 0 Å². The minimum atomic E-state index is 0.284. The maximum atomic E-state index is 6.03. The van der Waals surface area contributed by atoms with Crippen LogP contribution in [-0.2, 0) is 6.42 Å². The van der Waals surface area contributed by atoms with Gasteiger partial charge in [0.15, 0.2) is 0 Å². The molecule has 4 aromatic rings. The van der Waals surface area contributed by atoms with E-state index in [1.165, 1.54) is 5.56 Å². The highest BCUT2D eigenvalue weighted by molar-refractivity contribution is 7.13. The normalized spacial score (nSPS) is 10.7. The second-order valence-corrected chi connectivity index (χ2v) is 6.58. The molecule has 1 aromatic carbocycles. The van der Waals surface area contributed by atoms with Gasteiger partial charge in [-0.15, -0.1) is 11.3 Å². The van der Waals surface area contributed by atoms with Gasteiger partial charge in [-0.2, -0.15) is 0 Å². The van der Waals surface area contributed by atoms with Crippen molar-refractivity contribution in [2.75, 3.05) is 5.73 Å². The number of thiophene rings is 1. The molecule has 3 aromatic heterocycles. The Morgan fingerprint density at radius 2 is 1.60 bits per heavy atom. The molecule has 0 unspecified atom stereocenters. The Balaban J connectivity index is 1.94. The fourth-order valence-corrected chi connectivity index (χ4v) is 3.58. The second-order valence-electron chi connectivity index (χ2n) is 5.63. The van der Waals surface area contributed by atoms with Crippen LogP contribution in [0.5, 0.6) is 0 Å². The summed E-state index contributed by atoms with van der Waals surface area (Å²) in [6.45, 7) is 0. The molecule has 0 spiro atoms. The predicted octanol–water partition coefficient (Wildman–Crippen LogP) is 4.44. The summed E-state index contributed by atoms with van der Waals surface area (Å²) in [5, 5.41) is 2.05. The molecule has 0 radical (unpaired) electrons. The van der Waals surface area contributed by atoms with Crippen LogP contribution in [0, 0.1) is 0 Å². The lowest BCUT2D eigenvalue weighted by molar-refractivity contribution is 1.10. The molecule has 0 amide bonds. The third kappa shape index (κ3) is 3.27. The van der Waals surface area contributed by atoms with E-state index < -0.39 is 0 Å². The Hall–Kier alpha value is -3.05. The van der Waals surface area contributed by atoms with Crippen molar-refractivity contribution in [2.45, 2.75) is 6.42 Å². The highest BCUT2D eigenvalue weighted by Crippen LogP contribution is 2.34. The van der Waals surface area contributed by atoms with E-state index in [4.69, 9.17) is 5.73 Å². The molecule has 4 nitrogen and oxygen atoms in total. The van der Waals surface area contributed by atoms with Crippen molar-refractivity contribution < 1.29 is 0 Å². The van der Waals surface area contributed by atoms with Gasteiger partial charge < -0.3 is 5.73 Å². The molecule has 2 N–H and O–H groups in total. The topological polar surface area (TPSA) is 64.7 Å². The summed E-state index contributed by atoms with van der Waals surface area (Å²) >= 11 is 1.66. The van der Waals surface area contributed by atoms with Gasteiger partial charge in [-0.3, -0.25) is 4.98 Å². The van der Waals surface area contributed by atoms with Crippen molar-refractivity contribution in [3.05, 3.63) is 83.5 Å². The summed E-state index contributed by atoms with van der Waals surface area (Å²) in [5.74, 6) is 0.284. The lowest BCUT2D eigenvalue weighted by atomic mass is 9.97. The van der Waals surface area contributed by atoms with E-state index in [-0.39, 0.29) is 5.95 Å². The Morgan fingerprint density at radius 3 is 2.32 bits per heavy atom. The molecule has 122 valence electrons. The number of nitrogen functional groups attached to an aromatic ring is 1. The van der Waals surface area contributed by atoms with Crippen LogP contribution in [0.4, 0.5) is 5.95 Å². The Morgan fingerprint density at radius 1 is 0.840 bits per heavy atom. The van der Waals surface area contributed by atoms with Gasteiger partial charge in [0, 0.05) is 29.9 Å². The van der Waals surface area contributed by atoms with Gasteiger partial charge >= 0.3 is 0 Å². The van der Waals surface area contributed by atoms with Crippen molar-refractivity contribution in [3.63, 3.8) is 0 Å².